The highest BCUT2D eigenvalue weighted by Crippen LogP contribution is 2.22. The Morgan fingerprint density at radius 2 is 1.86 bits per heavy atom. The number of nitrogens with zero attached hydrogens (tertiary/aromatic N) is 1. The molecule has 6 heteroatoms. The number of carbonyl (C=O) groups excluding carboxylic acids is 3. The molecule has 1 N–H and O–H groups in total. The van der Waals surface area contributed by atoms with Gasteiger partial charge in [0, 0.05) is 34.9 Å². The number of para-hydroxylation sites is 1. The largest absolute Gasteiger partial charge is 0.449 e. The van der Waals surface area contributed by atoms with Gasteiger partial charge < -0.3 is 14.6 Å². The fraction of sp³-hybridized carbons (Fsp3) is 0.227. The summed E-state index contributed by atoms with van der Waals surface area (Å²) in [6, 6.07) is 14.2. The van der Waals surface area contributed by atoms with Gasteiger partial charge >= 0.3 is 5.97 Å². The average molecular weight is 378 g/mol. The predicted molar refractivity (Wildman–Crippen MR) is 108 cm³/mol. The van der Waals surface area contributed by atoms with E-state index in [1.54, 1.807) is 30.5 Å². The third-order valence-electron chi connectivity index (χ3n) is 4.54. The Morgan fingerprint density at radius 1 is 1.11 bits per heavy atom. The van der Waals surface area contributed by atoms with Crippen molar-refractivity contribution in [2.75, 3.05) is 5.32 Å². The molecule has 0 aliphatic rings. The summed E-state index contributed by atoms with van der Waals surface area (Å²) in [6.45, 7) is 5.68. The molecule has 28 heavy (non-hydrogen) atoms. The lowest BCUT2D eigenvalue weighted by Crippen LogP contribution is -2.30. The van der Waals surface area contributed by atoms with Crippen molar-refractivity contribution in [3.8, 4) is 0 Å². The Labute approximate surface area is 163 Å². The molecule has 1 aromatic heterocycles. The molecule has 2 aromatic carbocycles. The Balaban J connectivity index is 1.73. The topological polar surface area (TPSA) is 77.4 Å². The number of rotatable bonds is 6. The zero-order valence-corrected chi connectivity index (χ0v) is 16.1. The molecule has 0 bridgehead atoms. The number of aryl methyl sites for hydroxylation is 1. The number of carbonyl (C=O) groups is 3. The summed E-state index contributed by atoms with van der Waals surface area (Å²) in [6.07, 6.45) is 0.755. The van der Waals surface area contributed by atoms with Crippen molar-refractivity contribution in [2.24, 2.45) is 0 Å². The van der Waals surface area contributed by atoms with Crippen molar-refractivity contribution >= 4 is 34.3 Å². The lowest BCUT2D eigenvalue weighted by molar-refractivity contribution is -0.123. The van der Waals surface area contributed by atoms with E-state index in [1.165, 1.54) is 13.8 Å². The normalized spacial score (nSPS) is 11.8. The first-order valence-electron chi connectivity index (χ1n) is 9.11. The molecular formula is C22H22N2O4. The van der Waals surface area contributed by atoms with Crippen molar-refractivity contribution in [3.63, 3.8) is 0 Å². The fourth-order valence-electron chi connectivity index (χ4n) is 3.01. The smallest absolute Gasteiger partial charge is 0.341 e. The first-order chi connectivity index (χ1) is 13.4. The van der Waals surface area contributed by atoms with Crippen LogP contribution in [0.4, 0.5) is 5.69 Å². The summed E-state index contributed by atoms with van der Waals surface area (Å²) in [7, 11) is 0. The van der Waals surface area contributed by atoms with Gasteiger partial charge in [-0.2, -0.15) is 0 Å². The van der Waals surface area contributed by atoms with Crippen molar-refractivity contribution < 1.29 is 19.1 Å². The monoisotopic (exact) mass is 378 g/mol. The molecule has 144 valence electrons. The van der Waals surface area contributed by atoms with Crippen LogP contribution in [0.3, 0.4) is 0 Å². The summed E-state index contributed by atoms with van der Waals surface area (Å²) >= 11 is 0. The van der Waals surface area contributed by atoms with Crippen LogP contribution in [0.25, 0.3) is 10.9 Å². The van der Waals surface area contributed by atoms with Crippen molar-refractivity contribution in [2.45, 2.75) is 33.4 Å². The average Bonchev–Trinajstić information content (AvgIpc) is 3.07. The van der Waals surface area contributed by atoms with E-state index in [1.807, 2.05) is 35.8 Å². The summed E-state index contributed by atoms with van der Waals surface area (Å²) in [4.78, 5) is 36.5. The third-order valence-corrected chi connectivity index (χ3v) is 4.54. The molecule has 0 fully saturated rings. The van der Waals surface area contributed by atoms with Crippen molar-refractivity contribution in [1.82, 2.24) is 4.57 Å². The zero-order valence-electron chi connectivity index (χ0n) is 16.1. The molecule has 1 atom stereocenters. The maximum atomic E-state index is 12.6. The van der Waals surface area contributed by atoms with Crippen LogP contribution in [-0.4, -0.2) is 28.3 Å². The van der Waals surface area contributed by atoms with E-state index in [2.05, 4.69) is 5.32 Å². The first kappa shape index (κ1) is 19.4. The van der Waals surface area contributed by atoms with Crippen LogP contribution in [0.1, 0.15) is 41.5 Å². The molecule has 1 unspecified atom stereocenters. The van der Waals surface area contributed by atoms with Gasteiger partial charge in [-0.25, -0.2) is 4.79 Å². The number of hydrogen-bond acceptors (Lipinski definition) is 4. The van der Waals surface area contributed by atoms with Crippen LogP contribution in [0, 0.1) is 0 Å². The van der Waals surface area contributed by atoms with E-state index in [-0.39, 0.29) is 5.78 Å². The van der Waals surface area contributed by atoms with Gasteiger partial charge in [-0.1, -0.05) is 30.3 Å². The number of nitrogens with one attached hydrogen (secondary N) is 1. The number of aromatic nitrogens is 1. The number of fused-ring (bicyclic) bond motifs is 1. The highest BCUT2D eigenvalue weighted by atomic mass is 16.5. The van der Waals surface area contributed by atoms with Crippen LogP contribution in [0.5, 0.6) is 0 Å². The van der Waals surface area contributed by atoms with E-state index in [0.717, 1.165) is 17.4 Å². The van der Waals surface area contributed by atoms with Crippen molar-refractivity contribution in [3.05, 3.63) is 65.9 Å². The summed E-state index contributed by atoms with van der Waals surface area (Å²) < 4.78 is 7.35. The van der Waals surface area contributed by atoms with E-state index in [9.17, 15) is 14.4 Å². The molecule has 6 nitrogen and oxygen atoms in total. The highest BCUT2D eigenvalue weighted by molar-refractivity contribution is 6.06. The number of esters is 1. The minimum absolute atomic E-state index is 0.0945. The maximum Gasteiger partial charge on any atom is 0.341 e. The van der Waals surface area contributed by atoms with Crippen LogP contribution in [0.15, 0.2) is 54.7 Å². The lowest BCUT2D eigenvalue weighted by Gasteiger charge is -2.13. The quantitative estimate of drug-likeness (QED) is 0.519. The Morgan fingerprint density at radius 3 is 2.57 bits per heavy atom. The molecule has 0 saturated carbocycles. The van der Waals surface area contributed by atoms with Gasteiger partial charge in [0.1, 0.15) is 0 Å². The van der Waals surface area contributed by atoms with Gasteiger partial charge in [-0.05, 0) is 39.0 Å². The van der Waals surface area contributed by atoms with Crippen molar-refractivity contribution in [1.29, 1.82) is 0 Å². The zero-order chi connectivity index (χ0) is 20.3. The number of ketones is 1. The molecular weight excluding hydrogens is 356 g/mol. The van der Waals surface area contributed by atoms with Crippen LogP contribution in [-0.2, 0) is 16.1 Å². The van der Waals surface area contributed by atoms with E-state index >= 15 is 0 Å². The second-order valence-electron chi connectivity index (χ2n) is 6.52. The number of Topliss-reactive ketones (excluding diaryl/α,β-unsaturated/α-hetero) is 1. The van der Waals surface area contributed by atoms with Gasteiger partial charge in [0.2, 0.25) is 0 Å². The number of ether oxygens (including phenoxy) is 1. The summed E-state index contributed by atoms with van der Waals surface area (Å²) in [5.74, 6) is -1.11. The number of hydrogen-bond donors (Lipinski definition) is 1. The minimum atomic E-state index is -0.989. The molecule has 3 rings (SSSR count). The molecule has 0 aliphatic heterocycles. The maximum absolute atomic E-state index is 12.6. The Bertz CT molecular complexity index is 1050. The predicted octanol–water partition coefficient (Wildman–Crippen LogP) is 4.05. The molecule has 0 aliphatic carbocycles. The van der Waals surface area contributed by atoms with Crippen LogP contribution >= 0.6 is 0 Å². The van der Waals surface area contributed by atoms with Gasteiger partial charge in [0.05, 0.1) is 5.56 Å². The number of anilines is 1. The minimum Gasteiger partial charge on any atom is -0.449 e. The Kier molecular flexibility index (Phi) is 5.59. The fourth-order valence-corrected chi connectivity index (χ4v) is 3.01. The molecule has 0 saturated heterocycles. The highest BCUT2D eigenvalue weighted by Gasteiger charge is 2.22. The standard InChI is InChI=1S/C22H22N2O4/c1-4-24-13-19(18-10-5-6-11-20(18)24)22(27)28-15(3)21(26)23-17-9-7-8-16(12-17)14(2)25/h5-13,15H,4H2,1-3H3,(H,23,26). The second-order valence-corrected chi connectivity index (χ2v) is 6.52. The molecule has 0 radical (unpaired) electrons. The van der Waals surface area contributed by atoms with E-state index < -0.39 is 18.0 Å². The SMILES string of the molecule is CCn1cc(C(=O)OC(C)C(=O)Nc2cccc(C(C)=O)c2)c2ccccc21. The summed E-state index contributed by atoms with van der Waals surface area (Å²) in [5, 5.41) is 3.46. The molecule has 3 aromatic rings. The second kappa shape index (κ2) is 8.08. The number of benzene rings is 2. The summed E-state index contributed by atoms with van der Waals surface area (Å²) in [5.41, 5.74) is 2.34. The third kappa shape index (κ3) is 3.96. The van der Waals surface area contributed by atoms with Gasteiger partial charge in [-0.3, -0.25) is 9.59 Å². The Hall–Kier alpha value is -3.41. The van der Waals surface area contributed by atoms with E-state index in [4.69, 9.17) is 4.74 Å². The van der Waals surface area contributed by atoms with Gasteiger partial charge in [0.25, 0.3) is 5.91 Å². The molecule has 0 spiro atoms. The van der Waals surface area contributed by atoms with Crippen LogP contribution < -0.4 is 5.32 Å². The van der Waals surface area contributed by atoms with E-state index in [0.29, 0.717) is 16.8 Å². The lowest BCUT2D eigenvalue weighted by atomic mass is 10.1. The number of amides is 1. The van der Waals surface area contributed by atoms with Gasteiger partial charge in [0.15, 0.2) is 11.9 Å². The first-order valence-corrected chi connectivity index (χ1v) is 9.11. The van der Waals surface area contributed by atoms with Gasteiger partial charge in [-0.15, -0.1) is 0 Å². The van der Waals surface area contributed by atoms with Crippen LogP contribution in [0.2, 0.25) is 0 Å². The molecule has 1 heterocycles. The molecule has 1 amide bonds.